The fourth-order valence-electron chi connectivity index (χ4n) is 2.07. The molecular weight excluding hydrogens is 319 g/mol. The van der Waals surface area contributed by atoms with E-state index in [1.807, 2.05) is 6.07 Å². The number of hydrogen-bond acceptors (Lipinski definition) is 4. The van der Waals surface area contributed by atoms with Crippen LogP contribution >= 0.6 is 0 Å². The number of halogens is 3. The molecular formula is C17H14F3N3O. The highest BCUT2D eigenvalue weighted by Gasteiger charge is 2.33. The first-order valence-electron chi connectivity index (χ1n) is 6.90. The van der Waals surface area contributed by atoms with Crippen molar-refractivity contribution in [2.24, 2.45) is 0 Å². The van der Waals surface area contributed by atoms with Crippen LogP contribution in [0.3, 0.4) is 0 Å². The van der Waals surface area contributed by atoms with Gasteiger partial charge in [-0.2, -0.15) is 18.4 Å². The summed E-state index contributed by atoms with van der Waals surface area (Å²) in [5.41, 5.74) is 0.723. The number of anilines is 1. The molecule has 1 aromatic heterocycles. The molecule has 0 saturated carbocycles. The van der Waals surface area contributed by atoms with Crippen LogP contribution in [-0.2, 0) is 12.7 Å². The molecule has 2 rings (SSSR count). The van der Waals surface area contributed by atoms with Gasteiger partial charge in [-0.25, -0.2) is 4.98 Å². The largest absolute Gasteiger partial charge is 0.495 e. The van der Waals surface area contributed by atoms with Crippen LogP contribution in [0.4, 0.5) is 18.9 Å². The summed E-state index contributed by atoms with van der Waals surface area (Å²) >= 11 is 0. The SMILES string of the molecule is C=Cc1ccc(NCc2nc(C(F)(F)F)ccc2OC)c(C#N)c1. The van der Waals surface area contributed by atoms with Crippen LogP contribution in [0.5, 0.6) is 5.75 Å². The van der Waals surface area contributed by atoms with Crippen LogP contribution in [0.1, 0.15) is 22.5 Å². The van der Waals surface area contributed by atoms with Gasteiger partial charge in [0.15, 0.2) is 0 Å². The van der Waals surface area contributed by atoms with E-state index in [4.69, 9.17) is 4.74 Å². The number of ether oxygens (including phenoxy) is 1. The fraction of sp³-hybridized carbons (Fsp3) is 0.176. The second-order valence-electron chi connectivity index (χ2n) is 4.82. The topological polar surface area (TPSA) is 57.9 Å². The summed E-state index contributed by atoms with van der Waals surface area (Å²) in [5.74, 6) is 0.233. The molecule has 0 spiro atoms. The van der Waals surface area contributed by atoms with Crippen molar-refractivity contribution in [2.75, 3.05) is 12.4 Å². The van der Waals surface area contributed by atoms with E-state index in [0.717, 1.165) is 11.6 Å². The Bertz CT molecular complexity index is 795. The lowest BCUT2D eigenvalue weighted by Crippen LogP contribution is -2.12. The van der Waals surface area contributed by atoms with Gasteiger partial charge in [0.2, 0.25) is 0 Å². The maximum Gasteiger partial charge on any atom is 0.433 e. The lowest BCUT2D eigenvalue weighted by Gasteiger charge is -2.13. The molecule has 0 atom stereocenters. The van der Waals surface area contributed by atoms with Gasteiger partial charge in [0.1, 0.15) is 23.2 Å². The first-order valence-corrected chi connectivity index (χ1v) is 6.90. The number of pyridine rings is 1. The number of hydrogen-bond donors (Lipinski definition) is 1. The molecule has 4 nitrogen and oxygen atoms in total. The van der Waals surface area contributed by atoms with Crippen LogP contribution < -0.4 is 10.1 Å². The Kier molecular flexibility index (Phi) is 5.09. The summed E-state index contributed by atoms with van der Waals surface area (Å²) < 4.78 is 43.4. The number of nitrogens with one attached hydrogen (secondary N) is 1. The van der Waals surface area contributed by atoms with Crippen molar-refractivity contribution in [1.82, 2.24) is 4.98 Å². The smallest absolute Gasteiger partial charge is 0.433 e. The van der Waals surface area contributed by atoms with Crippen LogP contribution in [-0.4, -0.2) is 12.1 Å². The molecule has 0 bridgehead atoms. The van der Waals surface area contributed by atoms with Gasteiger partial charge in [-0.1, -0.05) is 18.7 Å². The second-order valence-corrected chi connectivity index (χ2v) is 4.82. The summed E-state index contributed by atoms with van der Waals surface area (Å²) in [5, 5.41) is 12.1. The Labute approximate surface area is 137 Å². The maximum atomic E-state index is 12.8. The molecule has 24 heavy (non-hydrogen) atoms. The number of nitriles is 1. The van der Waals surface area contributed by atoms with Crippen LogP contribution in [0.2, 0.25) is 0 Å². The molecule has 0 aliphatic rings. The first-order chi connectivity index (χ1) is 11.4. The zero-order valence-corrected chi connectivity index (χ0v) is 12.8. The minimum atomic E-state index is -4.54. The van der Waals surface area contributed by atoms with Crippen molar-refractivity contribution in [1.29, 1.82) is 5.26 Å². The molecule has 1 N–H and O–H groups in total. The second kappa shape index (κ2) is 7.04. The van der Waals surface area contributed by atoms with E-state index in [-0.39, 0.29) is 18.0 Å². The Morgan fingerprint density at radius 2 is 2.08 bits per heavy atom. The maximum absolute atomic E-state index is 12.8. The Hall–Kier alpha value is -3.01. The van der Waals surface area contributed by atoms with Gasteiger partial charge in [0.25, 0.3) is 0 Å². The van der Waals surface area contributed by atoms with Crippen molar-refractivity contribution < 1.29 is 17.9 Å². The molecule has 0 saturated heterocycles. The molecule has 1 heterocycles. The average molecular weight is 333 g/mol. The molecule has 1 aromatic carbocycles. The number of aromatic nitrogens is 1. The van der Waals surface area contributed by atoms with E-state index in [9.17, 15) is 18.4 Å². The van der Waals surface area contributed by atoms with Gasteiger partial charge in [-0.15, -0.1) is 0 Å². The van der Waals surface area contributed by atoms with Crippen molar-refractivity contribution in [3.63, 3.8) is 0 Å². The quantitative estimate of drug-likeness (QED) is 0.889. The van der Waals surface area contributed by atoms with E-state index in [1.54, 1.807) is 24.3 Å². The zero-order valence-electron chi connectivity index (χ0n) is 12.8. The minimum absolute atomic E-state index is 0.0186. The van der Waals surface area contributed by atoms with Gasteiger partial charge in [-0.05, 0) is 29.8 Å². The van der Waals surface area contributed by atoms with Crippen molar-refractivity contribution >= 4 is 11.8 Å². The van der Waals surface area contributed by atoms with E-state index in [0.29, 0.717) is 11.3 Å². The van der Waals surface area contributed by atoms with Gasteiger partial charge in [-0.3, -0.25) is 0 Å². The van der Waals surface area contributed by atoms with Crippen LogP contribution in [0.15, 0.2) is 36.9 Å². The van der Waals surface area contributed by atoms with Gasteiger partial charge in [0, 0.05) is 0 Å². The summed E-state index contributed by atoms with van der Waals surface area (Å²) in [6, 6.07) is 9.15. The standard InChI is InChI=1S/C17H14F3N3O/c1-3-11-4-5-13(12(8-11)9-21)22-10-14-15(24-2)6-7-16(23-14)17(18,19)20/h3-8,22H,1,10H2,2H3. The Morgan fingerprint density at radius 1 is 1.33 bits per heavy atom. The predicted molar refractivity (Wildman–Crippen MR) is 84.4 cm³/mol. The Morgan fingerprint density at radius 3 is 2.67 bits per heavy atom. The van der Waals surface area contributed by atoms with Crippen molar-refractivity contribution in [3.05, 3.63) is 59.4 Å². The molecule has 0 radical (unpaired) electrons. The summed E-state index contributed by atoms with van der Waals surface area (Å²) in [6.45, 7) is 3.60. The van der Waals surface area contributed by atoms with Crippen LogP contribution in [0.25, 0.3) is 6.08 Å². The Balaban J connectivity index is 2.29. The normalized spacial score (nSPS) is 10.8. The number of alkyl halides is 3. The fourth-order valence-corrected chi connectivity index (χ4v) is 2.07. The number of rotatable bonds is 5. The number of nitrogens with zero attached hydrogens (tertiary/aromatic N) is 2. The van der Waals surface area contributed by atoms with Gasteiger partial charge >= 0.3 is 6.18 Å². The van der Waals surface area contributed by atoms with E-state index < -0.39 is 11.9 Å². The molecule has 124 valence electrons. The minimum Gasteiger partial charge on any atom is -0.495 e. The lowest BCUT2D eigenvalue weighted by molar-refractivity contribution is -0.141. The van der Waals surface area contributed by atoms with E-state index >= 15 is 0 Å². The monoisotopic (exact) mass is 333 g/mol. The average Bonchev–Trinajstić information content (AvgIpc) is 2.58. The van der Waals surface area contributed by atoms with Gasteiger partial charge in [0.05, 0.1) is 24.9 Å². The van der Waals surface area contributed by atoms with E-state index in [1.165, 1.54) is 13.2 Å². The molecule has 0 aliphatic carbocycles. The third-order valence-corrected chi connectivity index (χ3v) is 3.29. The highest BCUT2D eigenvalue weighted by molar-refractivity contribution is 5.63. The highest BCUT2D eigenvalue weighted by atomic mass is 19.4. The van der Waals surface area contributed by atoms with Gasteiger partial charge < -0.3 is 10.1 Å². The number of benzene rings is 1. The van der Waals surface area contributed by atoms with Crippen molar-refractivity contribution in [3.8, 4) is 11.8 Å². The van der Waals surface area contributed by atoms with E-state index in [2.05, 4.69) is 16.9 Å². The number of methoxy groups -OCH3 is 1. The molecule has 0 aliphatic heterocycles. The lowest BCUT2D eigenvalue weighted by atomic mass is 10.1. The molecule has 0 unspecified atom stereocenters. The zero-order chi connectivity index (χ0) is 17.7. The predicted octanol–water partition coefficient (Wildman–Crippen LogP) is 4.24. The molecule has 7 heteroatoms. The summed E-state index contributed by atoms with van der Waals surface area (Å²) in [6.07, 6.45) is -2.94. The molecule has 2 aromatic rings. The highest BCUT2D eigenvalue weighted by Crippen LogP contribution is 2.30. The van der Waals surface area contributed by atoms with Crippen LogP contribution in [0, 0.1) is 11.3 Å². The third kappa shape index (κ3) is 3.84. The third-order valence-electron chi connectivity index (χ3n) is 3.29. The molecule has 0 amide bonds. The summed E-state index contributed by atoms with van der Waals surface area (Å²) in [7, 11) is 1.35. The molecule has 0 fully saturated rings. The first kappa shape index (κ1) is 17.3. The summed E-state index contributed by atoms with van der Waals surface area (Å²) in [4.78, 5) is 3.61. The van der Waals surface area contributed by atoms with Crippen molar-refractivity contribution in [2.45, 2.75) is 12.7 Å².